The van der Waals surface area contributed by atoms with Crippen molar-refractivity contribution in [3.63, 3.8) is 0 Å². The van der Waals surface area contributed by atoms with E-state index in [1.165, 1.54) is 22.3 Å². The second kappa shape index (κ2) is 6.20. The van der Waals surface area contributed by atoms with Gasteiger partial charge in [0.2, 0.25) is 0 Å². The normalized spacial score (nSPS) is 11.0. The molecule has 0 amide bonds. The molecule has 92 valence electrons. The van der Waals surface area contributed by atoms with Crippen LogP contribution in [-0.2, 0) is 6.42 Å². The molecule has 2 rings (SSSR count). The van der Waals surface area contributed by atoms with E-state index in [9.17, 15) is 0 Å². The van der Waals surface area contributed by atoms with Gasteiger partial charge in [-0.1, -0.05) is 60.7 Å². The van der Waals surface area contributed by atoms with Crippen molar-refractivity contribution >= 4 is 0 Å². The Balaban J connectivity index is 2.20. The Morgan fingerprint density at radius 1 is 1.00 bits per heavy atom. The highest BCUT2D eigenvalue weighted by atomic mass is 14.1. The molecule has 0 saturated carbocycles. The quantitative estimate of drug-likeness (QED) is 0.642. The highest BCUT2D eigenvalue weighted by Gasteiger charge is 2.02. The molecule has 2 aromatic carbocycles. The van der Waals surface area contributed by atoms with Crippen LogP contribution in [0, 0.1) is 6.92 Å². The Morgan fingerprint density at radius 3 is 2.44 bits per heavy atom. The first-order chi connectivity index (χ1) is 8.81. The average Bonchev–Trinajstić information content (AvgIpc) is 2.40. The fourth-order valence-corrected chi connectivity index (χ4v) is 2.24. The summed E-state index contributed by atoms with van der Waals surface area (Å²) in [5.41, 5.74) is 5.42. The summed E-state index contributed by atoms with van der Waals surface area (Å²) in [5.74, 6) is 0. The third-order valence-corrected chi connectivity index (χ3v) is 3.21. The fraction of sp³-hybridized carbons (Fsp3) is 0.222. The molecule has 18 heavy (non-hydrogen) atoms. The molecule has 0 saturated heterocycles. The van der Waals surface area contributed by atoms with Gasteiger partial charge in [-0.3, -0.25) is 0 Å². The van der Waals surface area contributed by atoms with Gasteiger partial charge in [-0.05, 0) is 48.9 Å². The first-order valence-corrected chi connectivity index (χ1v) is 6.57. The number of rotatable bonds is 4. The van der Waals surface area contributed by atoms with Crippen molar-refractivity contribution in [3.8, 4) is 11.1 Å². The van der Waals surface area contributed by atoms with E-state index in [0.717, 1.165) is 12.8 Å². The average molecular weight is 236 g/mol. The summed E-state index contributed by atoms with van der Waals surface area (Å²) in [4.78, 5) is 0. The van der Waals surface area contributed by atoms with E-state index in [2.05, 4.69) is 74.5 Å². The molecule has 0 nitrogen and oxygen atoms in total. The van der Waals surface area contributed by atoms with Crippen LogP contribution in [0.25, 0.3) is 11.1 Å². The molecule has 0 heteroatoms. The molecular formula is C18H20. The lowest BCUT2D eigenvalue weighted by atomic mass is 9.97. The monoisotopic (exact) mass is 236 g/mol. The lowest BCUT2D eigenvalue weighted by Crippen LogP contribution is -1.88. The number of aryl methyl sites for hydroxylation is 2. The Bertz CT molecular complexity index is 521. The van der Waals surface area contributed by atoms with Gasteiger partial charge in [0.1, 0.15) is 0 Å². The number of benzene rings is 2. The van der Waals surface area contributed by atoms with E-state index in [-0.39, 0.29) is 0 Å². The lowest BCUT2D eigenvalue weighted by molar-refractivity contribution is 0.997. The van der Waals surface area contributed by atoms with Gasteiger partial charge in [0.05, 0.1) is 0 Å². The Kier molecular flexibility index (Phi) is 4.35. The van der Waals surface area contributed by atoms with Crippen molar-refractivity contribution in [3.05, 3.63) is 71.8 Å². The van der Waals surface area contributed by atoms with E-state index in [0.29, 0.717) is 0 Å². The highest BCUT2D eigenvalue weighted by Crippen LogP contribution is 2.24. The summed E-state index contributed by atoms with van der Waals surface area (Å²) in [6.07, 6.45) is 6.59. The van der Waals surface area contributed by atoms with E-state index in [1.54, 1.807) is 0 Å². The maximum Gasteiger partial charge on any atom is -0.0155 e. The van der Waals surface area contributed by atoms with Crippen molar-refractivity contribution in [2.45, 2.75) is 26.7 Å². The zero-order chi connectivity index (χ0) is 12.8. The summed E-state index contributed by atoms with van der Waals surface area (Å²) in [5, 5.41) is 0. The second-order valence-electron chi connectivity index (χ2n) is 4.62. The molecule has 0 heterocycles. The van der Waals surface area contributed by atoms with E-state index < -0.39 is 0 Å². The first kappa shape index (κ1) is 12.6. The van der Waals surface area contributed by atoms with Gasteiger partial charge in [0.25, 0.3) is 0 Å². The van der Waals surface area contributed by atoms with Crippen LogP contribution in [0.5, 0.6) is 0 Å². The minimum Gasteiger partial charge on any atom is -0.0917 e. The zero-order valence-electron chi connectivity index (χ0n) is 11.2. The molecule has 0 radical (unpaired) electrons. The molecule has 0 bridgehead atoms. The molecule has 0 aliphatic carbocycles. The van der Waals surface area contributed by atoms with Crippen LogP contribution in [0.2, 0.25) is 0 Å². The minimum absolute atomic E-state index is 1.13. The predicted octanol–water partition coefficient (Wildman–Crippen LogP) is 5.17. The Labute approximate surface area is 110 Å². The maximum absolute atomic E-state index is 2.31. The maximum atomic E-state index is 2.31. The zero-order valence-corrected chi connectivity index (χ0v) is 11.2. The summed E-state index contributed by atoms with van der Waals surface area (Å²) in [6.45, 7) is 4.27. The molecule has 0 fully saturated rings. The van der Waals surface area contributed by atoms with Crippen molar-refractivity contribution in [2.75, 3.05) is 0 Å². The minimum atomic E-state index is 1.13. The SMILES string of the molecule is C/C=C/CCc1ccc(-c2ccccc2)c(C)c1. The molecule has 2 aromatic rings. The van der Waals surface area contributed by atoms with Crippen LogP contribution in [0.15, 0.2) is 60.7 Å². The fourth-order valence-electron chi connectivity index (χ4n) is 2.24. The molecule has 0 atom stereocenters. The standard InChI is InChI=1S/C18H20/c1-3-4-6-9-16-12-13-18(15(2)14-16)17-10-7-5-8-11-17/h3-5,7-8,10-14H,6,9H2,1-2H3/b4-3+. The van der Waals surface area contributed by atoms with Crippen LogP contribution in [0.4, 0.5) is 0 Å². The first-order valence-electron chi connectivity index (χ1n) is 6.57. The molecule has 0 N–H and O–H groups in total. The lowest BCUT2D eigenvalue weighted by Gasteiger charge is -2.08. The summed E-state index contributed by atoms with van der Waals surface area (Å²) in [7, 11) is 0. The molecular weight excluding hydrogens is 216 g/mol. The highest BCUT2D eigenvalue weighted by molar-refractivity contribution is 5.67. The van der Waals surface area contributed by atoms with E-state index in [1.807, 2.05) is 0 Å². The van der Waals surface area contributed by atoms with Gasteiger partial charge < -0.3 is 0 Å². The van der Waals surface area contributed by atoms with Crippen LogP contribution in [0.1, 0.15) is 24.5 Å². The molecule has 0 aromatic heterocycles. The number of allylic oxidation sites excluding steroid dienone is 2. The van der Waals surface area contributed by atoms with Crippen molar-refractivity contribution in [2.24, 2.45) is 0 Å². The molecule has 0 aliphatic rings. The Morgan fingerprint density at radius 2 is 1.78 bits per heavy atom. The Hall–Kier alpha value is -1.82. The van der Waals surface area contributed by atoms with Gasteiger partial charge in [0, 0.05) is 0 Å². The van der Waals surface area contributed by atoms with E-state index >= 15 is 0 Å². The third-order valence-electron chi connectivity index (χ3n) is 3.21. The second-order valence-corrected chi connectivity index (χ2v) is 4.62. The summed E-state index contributed by atoms with van der Waals surface area (Å²) < 4.78 is 0. The smallest absolute Gasteiger partial charge is 0.0155 e. The molecule has 0 unspecified atom stereocenters. The largest absolute Gasteiger partial charge is 0.0917 e. The summed E-state index contributed by atoms with van der Waals surface area (Å²) >= 11 is 0. The van der Waals surface area contributed by atoms with Gasteiger partial charge in [0.15, 0.2) is 0 Å². The van der Waals surface area contributed by atoms with Crippen LogP contribution in [0.3, 0.4) is 0 Å². The van der Waals surface area contributed by atoms with Crippen molar-refractivity contribution in [1.82, 2.24) is 0 Å². The molecule has 0 aliphatic heterocycles. The van der Waals surface area contributed by atoms with E-state index in [4.69, 9.17) is 0 Å². The number of hydrogen-bond donors (Lipinski definition) is 0. The van der Waals surface area contributed by atoms with Gasteiger partial charge in [-0.25, -0.2) is 0 Å². The molecule has 0 spiro atoms. The van der Waals surface area contributed by atoms with Crippen LogP contribution < -0.4 is 0 Å². The van der Waals surface area contributed by atoms with Gasteiger partial charge in [-0.15, -0.1) is 0 Å². The summed E-state index contributed by atoms with van der Waals surface area (Å²) in [6, 6.07) is 17.4. The van der Waals surface area contributed by atoms with Gasteiger partial charge >= 0.3 is 0 Å². The van der Waals surface area contributed by atoms with Crippen molar-refractivity contribution < 1.29 is 0 Å². The van der Waals surface area contributed by atoms with Crippen LogP contribution in [-0.4, -0.2) is 0 Å². The predicted molar refractivity (Wildman–Crippen MR) is 79.8 cm³/mol. The number of hydrogen-bond acceptors (Lipinski definition) is 0. The topological polar surface area (TPSA) is 0 Å². The van der Waals surface area contributed by atoms with Crippen LogP contribution >= 0.6 is 0 Å². The third kappa shape index (κ3) is 3.10. The van der Waals surface area contributed by atoms with Crippen molar-refractivity contribution in [1.29, 1.82) is 0 Å². The van der Waals surface area contributed by atoms with Gasteiger partial charge in [-0.2, -0.15) is 0 Å².